The van der Waals surface area contributed by atoms with E-state index >= 15 is 0 Å². The molecule has 0 saturated carbocycles. The Labute approximate surface area is 117 Å². The van der Waals surface area contributed by atoms with E-state index in [9.17, 15) is 4.79 Å². The number of aliphatic carboxylic acids is 1. The van der Waals surface area contributed by atoms with Crippen molar-refractivity contribution in [3.63, 3.8) is 0 Å². The van der Waals surface area contributed by atoms with Gasteiger partial charge in [0, 0.05) is 12.3 Å². The molecule has 1 aromatic heterocycles. The largest absolute Gasteiger partial charge is 0.487 e. The first kappa shape index (κ1) is 13.8. The summed E-state index contributed by atoms with van der Waals surface area (Å²) >= 11 is 0. The second-order valence-electron chi connectivity index (χ2n) is 4.30. The molecule has 0 aliphatic heterocycles. The molecule has 1 N–H and O–H groups in total. The van der Waals surface area contributed by atoms with Crippen molar-refractivity contribution in [2.45, 2.75) is 13.5 Å². The number of pyridine rings is 1. The maximum Gasteiger partial charge on any atom is 0.328 e. The molecule has 0 spiro atoms. The third kappa shape index (κ3) is 3.95. The number of aryl methyl sites for hydroxylation is 1. The van der Waals surface area contributed by atoms with Crippen molar-refractivity contribution >= 4 is 12.0 Å². The Morgan fingerprint density at radius 1 is 1.30 bits per heavy atom. The van der Waals surface area contributed by atoms with Crippen LogP contribution in [0.15, 0.2) is 48.7 Å². The first-order valence-corrected chi connectivity index (χ1v) is 6.19. The quantitative estimate of drug-likeness (QED) is 0.847. The molecule has 0 saturated heterocycles. The number of hydrogen-bond donors (Lipinski definition) is 1. The number of nitrogens with zero attached hydrogens (tertiary/aromatic N) is 1. The minimum absolute atomic E-state index is 0.414. The van der Waals surface area contributed by atoms with Crippen molar-refractivity contribution in [3.8, 4) is 5.75 Å². The Balaban J connectivity index is 1.97. The number of carboxylic acids is 1. The van der Waals surface area contributed by atoms with E-state index in [1.165, 1.54) is 6.08 Å². The van der Waals surface area contributed by atoms with E-state index in [1.54, 1.807) is 30.5 Å². The van der Waals surface area contributed by atoms with Crippen LogP contribution < -0.4 is 4.74 Å². The first-order valence-electron chi connectivity index (χ1n) is 6.19. The number of benzene rings is 1. The summed E-state index contributed by atoms with van der Waals surface area (Å²) in [5.41, 5.74) is 2.81. The van der Waals surface area contributed by atoms with Crippen molar-refractivity contribution < 1.29 is 14.6 Å². The maximum absolute atomic E-state index is 10.4. The van der Waals surface area contributed by atoms with E-state index in [4.69, 9.17) is 9.84 Å². The van der Waals surface area contributed by atoms with E-state index in [0.29, 0.717) is 6.61 Å². The molecule has 0 radical (unpaired) electrons. The van der Waals surface area contributed by atoms with Crippen molar-refractivity contribution in [1.82, 2.24) is 4.98 Å². The number of hydrogen-bond acceptors (Lipinski definition) is 3. The maximum atomic E-state index is 10.4. The van der Waals surface area contributed by atoms with Gasteiger partial charge in [0.2, 0.25) is 0 Å². The van der Waals surface area contributed by atoms with Crippen LogP contribution in [-0.4, -0.2) is 16.1 Å². The van der Waals surface area contributed by atoms with Crippen LogP contribution >= 0.6 is 0 Å². The Hall–Kier alpha value is -2.62. The monoisotopic (exact) mass is 269 g/mol. The van der Waals surface area contributed by atoms with Gasteiger partial charge in [0.1, 0.15) is 12.4 Å². The standard InChI is InChI=1S/C16H15NO3/c1-12-3-2-10-17-15(12)11-20-14-7-4-13(5-8-14)6-9-16(18)19/h2-10H,11H2,1H3,(H,18,19)/b9-6+. The minimum Gasteiger partial charge on any atom is -0.487 e. The van der Waals surface area contributed by atoms with Crippen LogP contribution in [0.3, 0.4) is 0 Å². The Morgan fingerprint density at radius 2 is 2.05 bits per heavy atom. The zero-order valence-corrected chi connectivity index (χ0v) is 11.1. The molecule has 2 rings (SSSR count). The zero-order chi connectivity index (χ0) is 14.4. The molecule has 1 aromatic carbocycles. The summed E-state index contributed by atoms with van der Waals surface area (Å²) in [6, 6.07) is 11.1. The highest BCUT2D eigenvalue weighted by Crippen LogP contribution is 2.15. The summed E-state index contributed by atoms with van der Waals surface area (Å²) < 4.78 is 5.65. The molecule has 0 atom stereocenters. The van der Waals surface area contributed by atoms with Gasteiger partial charge >= 0.3 is 5.97 Å². The molecule has 0 aliphatic rings. The molecular weight excluding hydrogens is 254 g/mol. The summed E-state index contributed by atoms with van der Waals surface area (Å²) in [5.74, 6) is -0.238. The summed E-state index contributed by atoms with van der Waals surface area (Å²) in [5, 5.41) is 8.55. The summed E-state index contributed by atoms with van der Waals surface area (Å²) in [6.45, 7) is 2.41. The zero-order valence-electron chi connectivity index (χ0n) is 11.1. The van der Waals surface area contributed by atoms with Crippen molar-refractivity contribution in [3.05, 3.63) is 65.5 Å². The molecule has 0 fully saturated rings. The molecule has 0 bridgehead atoms. The molecule has 4 heteroatoms. The van der Waals surface area contributed by atoms with Crippen LogP contribution in [0.25, 0.3) is 6.08 Å². The van der Waals surface area contributed by atoms with Crippen LogP contribution in [-0.2, 0) is 11.4 Å². The molecule has 2 aromatic rings. The molecule has 4 nitrogen and oxygen atoms in total. The normalized spacial score (nSPS) is 10.7. The second kappa shape index (κ2) is 6.52. The van der Waals surface area contributed by atoms with E-state index in [-0.39, 0.29) is 0 Å². The average molecular weight is 269 g/mol. The molecule has 20 heavy (non-hydrogen) atoms. The van der Waals surface area contributed by atoms with Gasteiger partial charge in [-0.1, -0.05) is 18.2 Å². The van der Waals surface area contributed by atoms with Crippen LogP contribution in [0.1, 0.15) is 16.8 Å². The lowest BCUT2D eigenvalue weighted by atomic mass is 10.2. The smallest absolute Gasteiger partial charge is 0.328 e. The second-order valence-corrected chi connectivity index (χ2v) is 4.30. The van der Waals surface area contributed by atoms with Gasteiger partial charge in [-0.15, -0.1) is 0 Å². The van der Waals surface area contributed by atoms with Gasteiger partial charge in [-0.25, -0.2) is 4.79 Å². The number of carbonyl (C=O) groups is 1. The van der Waals surface area contributed by atoms with E-state index in [2.05, 4.69) is 4.98 Å². The highest BCUT2D eigenvalue weighted by atomic mass is 16.5. The lowest BCUT2D eigenvalue weighted by Crippen LogP contribution is -2.00. The Bertz CT molecular complexity index is 618. The van der Waals surface area contributed by atoms with Crippen molar-refractivity contribution in [1.29, 1.82) is 0 Å². The third-order valence-corrected chi connectivity index (χ3v) is 2.79. The summed E-state index contributed by atoms with van der Waals surface area (Å²) in [4.78, 5) is 14.7. The van der Waals surface area contributed by atoms with Crippen LogP contribution in [0, 0.1) is 6.92 Å². The van der Waals surface area contributed by atoms with Gasteiger partial charge in [0.15, 0.2) is 0 Å². The topological polar surface area (TPSA) is 59.4 Å². The van der Waals surface area contributed by atoms with E-state index in [1.807, 2.05) is 19.1 Å². The highest BCUT2D eigenvalue weighted by Gasteiger charge is 2.00. The van der Waals surface area contributed by atoms with Gasteiger partial charge in [-0.2, -0.15) is 0 Å². The summed E-state index contributed by atoms with van der Waals surface area (Å²) in [6.07, 6.45) is 4.38. The number of rotatable bonds is 5. The van der Waals surface area contributed by atoms with Gasteiger partial charge in [0.05, 0.1) is 5.69 Å². The molecule has 0 unspecified atom stereocenters. The third-order valence-electron chi connectivity index (χ3n) is 2.79. The van der Waals surface area contributed by atoms with Crippen molar-refractivity contribution in [2.75, 3.05) is 0 Å². The minimum atomic E-state index is -0.962. The lowest BCUT2D eigenvalue weighted by Gasteiger charge is -2.07. The molecule has 102 valence electrons. The molecule has 0 amide bonds. The van der Waals surface area contributed by atoms with E-state index < -0.39 is 5.97 Å². The van der Waals surface area contributed by atoms with Crippen LogP contribution in [0.4, 0.5) is 0 Å². The van der Waals surface area contributed by atoms with Crippen LogP contribution in [0.5, 0.6) is 5.75 Å². The highest BCUT2D eigenvalue weighted by molar-refractivity contribution is 5.85. The predicted octanol–water partition coefficient (Wildman–Crippen LogP) is 3.07. The molecular formula is C16H15NO3. The SMILES string of the molecule is Cc1cccnc1COc1ccc(/C=C/C(=O)O)cc1. The van der Waals surface area contributed by atoms with E-state index in [0.717, 1.165) is 28.6 Å². The summed E-state index contributed by atoms with van der Waals surface area (Å²) in [7, 11) is 0. The fraction of sp³-hybridized carbons (Fsp3) is 0.125. The first-order chi connectivity index (χ1) is 9.65. The van der Waals surface area contributed by atoms with Gasteiger partial charge in [0.25, 0.3) is 0 Å². The Morgan fingerprint density at radius 3 is 2.70 bits per heavy atom. The van der Waals surface area contributed by atoms with Gasteiger partial charge < -0.3 is 9.84 Å². The Kier molecular flexibility index (Phi) is 4.50. The molecule has 0 aliphatic carbocycles. The fourth-order valence-electron chi connectivity index (χ4n) is 1.66. The fourth-order valence-corrected chi connectivity index (χ4v) is 1.66. The average Bonchev–Trinajstić information content (AvgIpc) is 2.45. The number of carboxylic acid groups (broad SMARTS) is 1. The lowest BCUT2D eigenvalue weighted by molar-refractivity contribution is -0.131. The van der Waals surface area contributed by atoms with Crippen molar-refractivity contribution in [2.24, 2.45) is 0 Å². The predicted molar refractivity (Wildman–Crippen MR) is 76.4 cm³/mol. The number of aromatic nitrogens is 1. The van der Waals surface area contributed by atoms with Gasteiger partial charge in [-0.3, -0.25) is 4.98 Å². The van der Waals surface area contributed by atoms with Gasteiger partial charge in [-0.05, 0) is 42.3 Å². The van der Waals surface area contributed by atoms with Crippen LogP contribution in [0.2, 0.25) is 0 Å². The molecule has 1 heterocycles. The number of ether oxygens (including phenoxy) is 1.